The van der Waals surface area contributed by atoms with Crippen LogP contribution in [-0.4, -0.2) is 29.6 Å². The molecule has 2 rings (SSSR count). The van der Waals surface area contributed by atoms with Crippen LogP contribution in [0.25, 0.3) is 10.9 Å². The molecule has 1 heterocycles. The van der Waals surface area contributed by atoms with Crippen molar-refractivity contribution in [2.24, 2.45) is 0 Å². The van der Waals surface area contributed by atoms with Gasteiger partial charge in [-0.25, -0.2) is 4.79 Å². The Bertz CT molecular complexity index is 721. The molecule has 7 heteroatoms. The largest absolute Gasteiger partial charge is 0.481 e. The lowest BCUT2D eigenvalue weighted by atomic mass is 10.2. The predicted octanol–water partition coefficient (Wildman–Crippen LogP) is 2.89. The van der Waals surface area contributed by atoms with Crippen molar-refractivity contribution in [1.82, 2.24) is 15.6 Å². The Labute approximate surface area is 139 Å². The van der Waals surface area contributed by atoms with Crippen molar-refractivity contribution >= 4 is 34.4 Å². The van der Waals surface area contributed by atoms with Crippen molar-refractivity contribution in [3.63, 3.8) is 0 Å². The lowest BCUT2D eigenvalue weighted by molar-refractivity contribution is -0.121. The Hall–Kier alpha value is -2.34. The average molecular weight is 336 g/mol. The van der Waals surface area contributed by atoms with Crippen molar-refractivity contribution < 1.29 is 14.3 Å². The van der Waals surface area contributed by atoms with Gasteiger partial charge in [0.25, 0.3) is 5.91 Å². The number of carbonyl (C=O) groups excluding carboxylic acids is 2. The van der Waals surface area contributed by atoms with Crippen LogP contribution in [-0.2, 0) is 4.79 Å². The van der Waals surface area contributed by atoms with E-state index in [-0.39, 0.29) is 12.6 Å². The summed E-state index contributed by atoms with van der Waals surface area (Å²) in [7, 11) is 0. The van der Waals surface area contributed by atoms with Crippen molar-refractivity contribution in [3.8, 4) is 5.75 Å². The van der Waals surface area contributed by atoms with E-state index in [0.29, 0.717) is 16.3 Å². The van der Waals surface area contributed by atoms with Gasteiger partial charge >= 0.3 is 6.03 Å². The van der Waals surface area contributed by atoms with E-state index in [1.165, 1.54) is 0 Å². The summed E-state index contributed by atoms with van der Waals surface area (Å²) in [5.41, 5.74) is 0.567. The lowest BCUT2D eigenvalue weighted by Crippen LogP contribution is -2.44. The standard InChI is InChI=1S/C16H18ClN3O3/c1-3-10(2)19-16(22)20-14(21)9-23-13-7-6-12(17)11-5-4-8-18-15(11)13/h4-8,10H,3,9H2,1-2H3,(H2,19,20,21,22)/t10-/m0/s1. The number of urea groups is 1. The number of amides is 3. The van der Waals surface area contributed by atoms with E-state index in [1.807, 2.05) is 19.9 Å². The summed E-state index contributed by atoms with van der Waals surface area (Å²) in [5, 5.41) is 6.15. The zero-order chi connectivity index (χ0) is 16.8. The second kappa shape index (κ2) is 7.78. The molecular formula is C16H18ClN3O3. The number of aromatic nitrogens is 1. The van der Waals surface area contributed by atoms with Crippen LogP contribution in [0.5, 0.6) is 5.75 Å². The van der Waals surface area contributed by atoms with Crippen LogP contribution in [0.15, 0.2) is 30.5 Å². The maximum Gasteiger partial charge on any atom is 0.321 e. The Morgan fingerprint density at radius 1 is 1.35 bits per heavy atom. The Kier molecular flexibility index (Phi) is 5.76. The molecule has 0 aliphatic rings. The molecule has 0 aliphatic carbocycles. The molecule has 3 amide bonds. The van der Waals surface area contributed by atoms with Gasteiger partial charge in [0, 0.05) is 17.6 Å². The summed E-state index contributed by atoms with van der Waals surface area (Å²) in [6, 6.07) is 6.36. The molecular weight excluding hydrogens is 318 g/mol. The van der Waals surface area contributed by atoms with E-state index in [9.17, 15) is 9.59 Å². The number of ether oxygens (including phenoxy) is 1. The molecule has 0 unspecified atom stereocenters. The maximum atomic E-state index is 11.8. The smallest absolute Gasteiger partial charge is 0.321 e. The van der Waals surface area contributed by atoms with Gasteiger partial charge in [0.1, 0.15) is 11.3 Å². The third-order valence-corrected chi connectivity index (χ3v) is 3.61. The fourth-order valence-corrected chi connectivity index (χ4v) is 2.11. The highest BCUT2D eigenvalue weighted by atomic mass is 35.5. The van der Waals surface area contributed by atoms with Gasteiger partial charge in [0.2, 0.25) is 0 Å². The third-order valence-electron chi connectivity index (χ3n) is 3.28. The number of nitrogens with one attached hydrogen (secondary N) is 2. The minimum atomic E-state index is -0.537. The topological polar surface area (TPSA) is 80.3 Å². The molecule has 1 atom stereocenters. The van der Waals surface area contributed by atoms with Crippen LogP contribution in [0.4, 0.5) is 4.79 Å². The SMILES string of the molecule is CC[C@H](C)NC(=O)NC(=O)COc1ccc(Cl)c2cccnc12. The first kappa shape index (κ1) is 17.0. The lowest BCUT2D eigenvalue weighted by Gasteiger charge is -2.12. The first-order chi connectivity index (χ1) is 11.0. The molecule has 1 aromatic heterocycles. The highest BCUT2D eigenvalue weighted by molar-refractivity contribution is 6.35. The molecule has 6 nitrogen and oxygen atoms in total. The van der Waals surface area contributed by atoms with E-state index in [2.05, 4.69) is 15.6 Å². The highest BCUT2D eigenvalue weighted by Crippen LogP contribution is 2.29. The first-order valence-corrected chi connectivity index (χ1v) is 7.65. The van der Waals surface area contributed by atoms with Crippen LogP contribution < -0.4 is 15.4 Å². The van der Waals surface area contributed by atoms with Crippen LogP contribution in [0.2, 0.25) is 5.02 Å². The molecule has 0 spiro atoms. The number of hydrogen-bond acceptors (Lipinski definition) is 4. The average Bonchev–Trinajstić information content (AvgIpc) is 2.54. The predicted molar refractivity (Wildman–Crippen MR) is 88.7 cm³/mol. The van der Waals surface area contributed by atoms with Gasteiger partial charge in [-0.15, -0.1) is 0 Å². The zero-order valence-electron chi connectivity index (χ0n) is 12.9. The van der Waals surface area contributed by atoms with Gasteiger partial charge in [-0.1, -0.05) is 18.5 Å². The van der Waals surface area contributed by atoms with E-state index in [1.54, 1.807) is 24.4 Å². The van der Waals surface area contributed by atoms with Gasteiger partial charge in [-0.3, -0.25) is 15.1 Å². The van der Waals surface area contributed by atoms with Gasteiger partial charge in [-0.05, 0) is 37.6 Å². The molecule has 122 valence electrons. The number of imide groups is 1. The number of nitrogens with zero attached hydrogens (tertiary/aromatic N) is 1. The van der Waals surface area contributed by atoms with Crippen molar-refractivity contribution in [1.29, 1.82) is 0 Å². The van der Waals surface area contributed by atoms with E-state index >= 15 is 0 Å². The van der Waals surface area contributed by atoms with E-state index in [0.717, 1.165) is 11.8 Å². The number of pyridine rings is 1. The van der Waals surface area contributed by atoms with Gasteiger partial charge in [-0.2, -0.15) is 0 Å². The molecule has 1 aromatic carbocycles. The number of halogens is 1. The fraction of sp³-hybridized carbons (Fsp3) is 0.312. The third kappa shape index (κ3) is 4.56. The molecule has 0 saturated carbocycles. The molecule has 0 radical (unpaired) electrons. The molecule has 0 bridgehead atoms. The van der Waals surface area contributed by atoms with Crippen LogP contribution in [0.1, 0.15) is 20.3 Å². The Morgan fingerprint density at radius 2 is 2.13 bits per heavy atom. The zero-order valence-corrected chi connectivity index (χ0v) is 13.7. The van der Waals surface area contributed by atoms with E-state index in [4.69, 9.17) is 16.3 Å². The summed E-state index contributed by atoms with van der Waals surface area (Å²) in [6.07, 6.45) is 2.39. The second-order valence-electron chi connectivity index (χ2n) is 5.06. The minimum absolute atomic E-state index is 0.00636. The molecule has 2 aromatic rings. The van der Waals surface area contributed by atoms with E-state index < -0.39 is 11.9 Å². The number of carbonyl (C=O) groups is 2. The van der Waals surface area contributed by atoms with Crippen molar-refractivity contribution in [2.75, 3.05) is 6.61 Å². The van der Waals surface area contributed by atoms with Crippen molar-refractivity contribution in [2.45, 2.75) is 26.3 Å². The summed E-state index contributed by atoms with van der Waals surface area (Å²) >= 11 is 6.09. The molecule has 0 saturated heterocycles. The minimum Gasteiger partial charge on any atom is -0.481 e. The van der Waals surface area contributed by atoms with Crippen LogP contribution >= 0.6 is 11.6 Å². The number of benzene rings is 1. The normalized spacial score (nSPS) is 11.8. The monoisotopic (exact) mass is 335 g/mol. The molecule has 23 heavy (non-hydrogen) atoms. The maximum absolute atomic E-state index is 11.8. The number of hydrogen-bond donors (Lipinski definition) is 2. The molecule has 2 N–H and O–H groups in total. The summed E-state index contributed by atoms with van der Waals surface area (Å²) in [6.45, 7) is 3.50. The Balaban J connectivity index is 1.97. The first-order valence-electron chi connectivity index (χ1n) is 7.27. The van der Waals surface area contributed by atoms with Gasteiger partial charge in [0.05, 0.1) is 5.02 Å². The van der Waals surface area contributed by atoms with Crippen LogP contribution in [0.3, 0.4) is 0 Å². The fourth-order valence-electron chi connectivity index (χ4n) is 1.90. The van der Waals surface area contributed by atoms with Gasteiger partial charge in [0.15, 0.2) is 6.61 Å². The summed E-state index contributed by atoms with van der Waals surface area (Å²) in [5.74, 6) is -0.104. The Morgan fingerprint density at radius 3 is 2.87 bits per heavy atom. The van der Waals surface area contributed by atoms with Crippen molar-refractivity contribution in [3.05, 3.63) is 35.5 Å². The second-order valence-corrected chi connectivity index (χ2v) is 5.47. The highest BCUT2D eigenvalue weighted by Gasteiger charge is 2.12. The number of rotatable bonds is 5. The molecule has 0 fully saturated rings. The number of fused-ring (bicyclic) bond motifs is 1. The quantitative estimate of drug-likeness (QED) is 0.880. The van der Waals surface area contributed by atoms with Crippen LogP contribution in [0, 0.1) is 0 Å². The summed E-state index contributed by atoms with van der Waals surface area (Å²) < 4.78 is 5.46. The van der Waals surface area contributed by atoms with Gasteiger partial charge < -0.3 is 10.1 Å². The molecule has 0 aliphatic heterocycles. The summed E-state index contributed by atoms with van der Waals surface area (Å²) in [4.78, 5) is 27.5.